The lowest BCUT2D eigenvalue weighted by molar-refractivity contribution is -0.115. The summed E-state index contributed by atoms with van der Waals surface area (Å²) in [6.45, 7) is 4.00. The Balaban J connectivity index is 1.39. The Kier molecular flexibility index (Phi) is 5.65. The molecule has 148 valence electrons. The van der Waals surface area contributed by atoms with Gasteiger partial charge in [0.05, 0.1) is 6.42 Å². The first-order valence-corrected chi connectivity index (χ1v) is 9.82. The van der Waals surface area contributed by atoms with E-state index < -0.39 is 0 Å². The van der Waals surface area contributed by atoms with Crippen molar-refractivity contribution in [2.45, 2.75) is 26.2 Å². The Bertz CT molecular complexity index is 968. The first-order chi connectivity index (χ1) is 14.2. The van der Waals surface area contributed by atoms with Crippen LogP contribution in [0.3, 0.4) is 0 Å². The number of rotatable bonds is 6. The average Bonchev–Trinajstić information content (AvgIpc) is 3.25. The highest BCUT2D eigenvalue weighted by molar-refractivity contribution is 5.92. The van der Waals surface area contributed by atoms with Crippen LogP contribution < -0.4 is 15.5 Å². The number of pyridine rings is 1. The normalized spacial score (nSPS) is 13.3. The predicted octanol–water partition coefficient (Wildman–Crippen LogP) is 3.71. The quantitative estimate of drug-likeness (QED) is 0.670. The van der Waals surface area contributed by atoms with Gasteiger partial charge in [0.2, 0.25) is 11.9 Å². The molecule has 1 fully saturated rings. The van der Waals surface area contributed by atoms with Crippen molar-refractivity contribution in [3.05, 3.63) is 66.1 Å². The Labute approximate surface area is 170 Å². The molecule has 2 N–H and O–H groups in total. The van der Waals surface area contributed by atoms with Crippen LogP contribution in [0.15, 0.2) is 54.9 Å². The van der Waals surface area contributed by atoms with Crippen molar-refractivity contribution < 1.29 is 4.79 Å². The molecule has 0 spiro atoms. The van der Waals surface area contributed by atoms with E-state index in [0.717, 1.165) is 47.5 Å². The third kappa shape index (κ3) is 5.07. The van der Waals surface area contributed by atoms with Gasteiger partial charge in [-0.25, -0.2) is 4.98 Å². The van der Waals surface area contributed by atoms with Crippen molar-refractivity contribution in [1.29, 1.82) is 0 Å². The molecule has 1 amide bonds. The third-order valence-corrected chi connectivity index (χ3v) is 4.76. The van der Waals surface area contributed by atoms with E-state index >= 15 is 0 Å². The van der Waals surface area contributed by atoms with Gasteiger partial charge in [-0.3, -0.25) is 9.78 Å². The number of nitrogens with zero attached hydrogens (tertiary/aromatic N) is 4. The van der Waals surface area contributed by atoms with Crippen molar-refractivity contribution >= 4 is 29.0 Å². The van der Waals surface area contributed by atoms with E-state index in [0.29, 0.717) is 6.42 Å². The number of benzene rings is 1. The second-order valence-electron chi connectivity index (χ2n) is 7.18. The number of nitrogens with one attached hydrogen (secondary N) is 2. The maximum atomic E-state index is 12.2. The fourth-order valence-electron chi connectivity index (χ4n) is 3.35. The van der Waals surface area contributed by atoms with E-state index in [1.165, 1.54) is 12.8 Å². The standard InChI is InChI=1S/C22H24N6O/c1-16-13-20(27-22(24-16)28-11-2-3-12-28)25-18-6-8-19(9-7-18)26-21(29)14-17-5-4-10-23-15-17/h4-10,13,15H,2-3,11-12,14H2,1H3,(H,26,29)(H,24,25,27). The highest BCUT2D eigenvalue weighted by atomic mass is 16.1. The molecule has 3 aromatic rings. The third-order valence-electron chi connectivity index (χ3n) is 4.76. The molecule has 4 rings (SSSR count). The van der Waals surface area contributed by atoms with Crippen LogP contribution in [0.1, 0.15) is 24.1 Å². The molecule has 3 heterocycles. The van der Waals surface area contributed by atoms with E-state index in [1.54, 1.807) is 12.4 Å². The predicted molar refractivity (Wildman–Crippen MR) is 115 cm³/mol. The minimum Gasteiger partial charge on any atom is -0.341 e. The van der Waals surface area contributed by atoms with Gasteiger partial charge in [0, 0.05) is 48.6 Å². The summed E-state index contributed by atoms with van der Waals surface area (Å²) in [7, 11) is 0. The lowest BCUT2D eigenvalue weighted by atomic mass is 10.2. The first kappa shape index (κ1) is 18.9. The summed E-state index contributed by atoms with van der Waals surface area (Å²) >= 11 is 0. The van der Waals surface area contributed by atoms with Crippen LogP contribution in [-0.4, -0.2) is 33.9 Å². The summed E-state index contributed by atoms with van der Waals surface area (Å²) in [5.41, 5.74) is 3.47. The Morgan fingerprint density at radius 2 is 1.83 bits per heavy atom. The van der Waals surface area contributed by atoms with Crippen molar-refractivity contribution in [2.75, 3.05) is 28.6 Å². The highest BCUT2D eigenvalue weighted by Gasteiger charge is 2.16. The van der Waals surface area contributed by atoms with Crippen LogP contribution >= 0.6 is 0 Å². The Hall–Kier alpha value is -3.48. The summed E-state index contributed by atoms with van der Waals surface area (Å²) in [5.74, 6) is 1.48. The summed E-state index contributed by atoms with van der Waals surface area (Å²) < 4.78 is 0. The number of carbonyl (C=O) groups excluding carboxylic acids is 1. The van der Waals surface area contributed by atoms with Crippen molar-refractivity contribution in [3.63, 3.8) is 0 Å². The SMILES string of the molecule is Cc1cc(Nc2ccc(NC(=O)Cc3cccnc3)cc2)nc(N2CCCC2)n1. The highest BCUT2D eigenvalue weighted by Crippen LogP contribution is 2.22. The molecule has 7 nitrogen and oxygen atoms in total. The average molecular weight is 388 g/mol. The molecule has 1 aliphatic rings. The fraction of sp³-hybridized carbons (Fsp3) is 0.273. The van der Waals surface area contributed by atoms with Crippen LogP contribution in [0.4, 0.5) is 23.1 Å². The molecule has 0 bridgehead atoms. The zero-order chi connectivity index (χ0) is 20.1. The van der Waals surface area contributed by atoms with Crippen LogP contribution in [0.2, 0.25) is 0 Å². The molecule has 1 saturated heterocycles. The number of aromatic nitrogens is 3. The van der Waals surface area contributed by atoms with Gasteiger partial charge in [0.15, 0.2) is 0 Å². The number of carbonyl (C=O) groups is 1. The van der Waals surface area contributed by atoms with E-state index in [1.807, 2.05) is 49.4 Å². The van der Waals surface area contributed by atoms with Gasteiger partial charge >= 0.3 is 0 Å². The number of anilines is 4. The second-order valence-corrected chi connectivity index (χ2v) is 7.18. The fourth-order valence-corrected chi connectivity index (χ4v) is 3.35. The smallest absolute Gasteiger partial charge is 0.228 e. The van der Waals surface area contributed by atoms with Gasteiger partial charge in [-0.2, -0.15) is 4.98 Å². The minimum atomic E-state index is -0.0691. The number of hydrogen-bond donors (Lipinski definition) is 2. The van der Waals surface area contributed by atoms with Crippen LogP contribution in [0.25, 0.3) is 0 Å². The van der Waals surface area contributed by atoms with Gasteiger partial charge in [-0.15, -0.1) is 0 Å². The number of aryl methyl sites for hydroxylation is 1. The maximum absolute atomic E-state index is 12.2. The number of hydrogen-bond acceptors (Lipinski definition) is 6. The molecule has 1 aromatic carbocycles. The van der Waals surface area contributed by atoms with Gasteiger partial charge in [-0.1, -0.05) is 6.07 Å². The summed E-state index contributed by atoms with van der Waals surface area (Å²) in [4.78, 5) is 27.7. The van der Waals surface area contributed by atoms with Crippen LogP contribution in [0, 0.1) is 6.92 Å². The molecule has 0 atom stereocenters. The zero-order valence-corrected chi connectivity index (χ0v) is 16.4. The number of amides is 1. The van der Waals surface area contributed by atoms with E-state index in [4.69, 9.17) is 0 Å². The van der Waals surface area contributed by atoms with Gasteiger partial charge < -0.3 is 15.5 Å². The van der Waals surface area contributed by atoms with Crippen LogP contribution in [-0.2, 0) is 11.2 Å². The topological polar surface area (TPSA) is 83.0 Å². The molecule has 0 radical (unpaired) electrons. The summed E-state index contributed by atoms with van der Waals surface area (Å²) in [6.07, 6.45) is 6.07. The van der Waals surface area contributed by atoms with Gasteiger partial charge in [0.25, 0.3) is 0 Å². The van der Waals surface area contributed by atoms with E-state index in [2.05, 4.69) is 30.5 Å². The van der Waals surface area contributed by atoms with E-state index in [9.17, 15) is 4.79 Å². The second kappa shape index (κ2) is 8.68. The Morgan fingerprint density at radius 1 is 1.07 bits per heavy atom. The van der Waals surface area contributed by atoms with Crippen molar-refractivity contribution in [3.8, 4) is 0 Å². The summed E-state index contributed by atoms with van der Waals surface area (Å²) in [5, 5.41) is 6.24. The molecule has 0 unspecified atom stereocenters. The molecule has 1 aliphatic heterocycles. The largest absolute Gasteiger partial charge is 0.341 e. The van der Waals surface area contributed by atoms with Crippen LogP contribution in [0.5, 0.6) is 0 Å². The molecule has 2 aromatic heterocycles. The molecular formula is C22H24N6O. The maximum Gasteiger partial charge on any atom is 0.228 e. The molecule has 29 heavy (non-hydrogen) atoms. The van der Waals surface area contributed by atoms with E-state index in [-0.39, 0.29) is 5.91 Å². The zero-order valence-electron chi connectivity index (χ0n) is 16.4. The first-order valence-electron chi connectivity index (χ1n) is 9.82. The molecular weight excluding hydrogens is 364 g/mol. The lowest BCUT2D eigenvalue weighted by Gasteiger charge is -2.17. The van der Waals surface area contributed by atoms with Crippen molar-refractivity contribution in [2.24, 2.45) is 0 Å². The molecule has 0 aliphatic carbocycles. The molecule has 7 heteroatoms. The minimum absolute atomic E-state index is 0.0691. The summed E-state index contributed by atoms with van der Waals surface area (Å²) in [6, 6.07) is 13.2. The Morgan fingerprint density at radius 3 is 2.55 bits per heavy atom. The van der Waals surface area contributed by atoms with Gasteiger partial charge in [-0.05, 0) is 55.7 Å². The molecule has 0 saturated carbocycles. The van der Waals surface area contributed by atoms with Crippen molar-refractivity contribution in [1.82, 2.24) is 15.0 Å². The monoisotopic (exact) mass is 388 g/mol. The lowest BCUT2D eigenvalue weighted by Crippen LogP contribution is -2.21. The van der Waals surface area contributed by atoms with Gasteiger partial charge in [0.1, 0.15) is 5.82 Å².